The van der Waals surface area contributed by atoms with Gasteiger partial charge >= 0.3 is 0 Å². The van der Waals surface area contributed by atoms with Gasteiger partial charge in [0.25, 0.3) is 0 Å². The normalized spacial score (nSPS) is 11.2. The summed E-state index contributed by atoms with van der Waals surface area (Å²) in [5, 5.41) is 9.25. The Morgan fingerprint density at radius 3 is 2.75 bits per heavy atom. The standard InChI is InChI=1S/C17H28N4O3/c1-14(22)21-16-7-4-6-15(12-16)13-20-17(18-2)19-8-5-9-24-11-10-23-3/h4,6-7,12H,5,8-11,13H2,1-3H3,(H,21,22)(H2,18,19,20). The number of hydrogen-bond acceptors (Lipinski definition) is 4. The summed E-state index contributed by atoms with van der Waals surface area (Å²) in [4.78, 5) is 15.3. The highest BCUT2D eigenvalue weighted by Crippen LogP contribution is 2.10. The lowest BCUT2D eigenvalue weighted by molar-refractivity contribution is -0.114. The average molecular weight is 336 g/mol. The fourth-order valence-electron chi connectivity index (χ4n) is 1.99. The molecule has 0 bridgehead atoms. The monoisotopic (exact) mass is 336 g/mol. The van der Waals surface area contributed by atoms with Gasteiger partial charge in [0.15, 0.2) is 5.96 Å². The van der Waals surface area contributed by atoms with Crippen molar-refractivity contribution in [1.29, 1.82) is 0 Å². The Bertz CT molecular complexity index is 520. The number of hydrogen-bond donors (Lipinski definition) is 3. The number of benzene rings is 1. The zero-order valence-electron chi connectivity index (χ0n) is 14.7. The Labute approximate surface area is 143 Å². The highest BCUT2D eigenvalue weighted by molar-refractivity contribution is 5.88. The molecular formula is C17H28N4O3. The molecule has 0 radical (unpaired) electrons. The molecule has 24 heavy (non-hydrogen) atoms. The summed E-state index contributed by atoms with van der Waals surface area (Å²) in [5.41, 5.74) is 1.85. The highest BCUT2D eigenvalue weighted by atomic mass is 16.5. The Kier molecular flexibility index (Phi) is 10.2. The van der Waals surface area contributed by atoms with Gasteiger partial charge in [-0.2, -0.15) is 0 Å². The molecule has 7 nitrogen and oxygen atoms in total. The number of rotatable bonds is 10. The maximum Gasteiger partial charge on any atom is 0.221 e. The molecule has 1 amide bonds. The number of anilines is 1. The number of carbonyl (C=O) groups excluding carboxylic acids is 1. The first-order valence-corrected chi connectivity index (χ1v) is 8.03. The number of methoxy groups -OCH3 is 1. The van der Waals surface area contributed by atoms with Gasteiger partial charge in [-0.05, 0) is 24.1 Å². The van der Waals surface area contributed by atoms with Gasteiger partial charge in [-0.1, -0.05) is 12.1 Å². The van der Waals surface area contributed by atoms with Gasteiger partial charge in [0, 0.05) is 46.5 Å². The first-order valence-electron chi connectivity index (χ1n) is 8.03. The lowest BCUT2D eigenvalue weighted by Gasteiger charge is -2.12. The van der Waals surface area contributed by atoms with Crippen molar-refractivity contribution in [1.82, 2.24) is 10.6 Å². The third-order valence-electron chi connectivity index (χ3n) is 3.12. The number of ether oxygens (including phenoxy) is 2. The molecule has 0 heterocycles. The number of nitrogens with zero attached hydrogens (tertiary/aromatic N) is 1. The molecule has 0 aromatic heterocycles. The van der Waals surface area contributed by atoms with Gasteiger partial charge in [-0.15, -0.1) is 0 Å². The molecule has 0 fully saturated rings. The van der Waals surface area contributed by atoms with Crippen LogP contribution in [-0.2, 0) is 20.8 Å². The second-order valence-corrected chi connectivity index (χ2v) is 5.19. The number of carbonyl (C=O) groups is 1. The maximum atomic E-state index is 11.1. The van der Waals surface area contributed by atoms with Crippen molar-refractivity contribution in [3.8, 4) is 0 Å². The summed E-state index contributed by atoms with van der Waals surface area (Å²) in [6.45, 7) is 4.82. The van der Waals surface area contributed by atoms with E-state index in [2.05, 4.69) is 20.9 Å². The molecule has 0 aliphatic heterocycles. The van der Waals surface area contributed by atoms with Gasteiger partial charge in [-0.25, -0.2) is 0 Å². The Morgan fingerprint density at radius 2 is 2.04 bits per heavy atom. The average Bonchev–Trinajstić information content (AvgIpc) is 2.56. The van der Waals surface area contributed by atoms with E-state index in [1.165, 1.54) is 6.92 Å². The Morgan fingerprint density at radius 1 is 1.21 bits per heavy atom. The minimum atomic E-state index is -0.0784. The zero-order valence-corrected chi connectivity index (χ0v) is 14.7. The Balaban J connectivity index is 2.27. The van der Waals surface area contributed by atoms with Crippen LogP contribution in [0.25, 0.3) is 0 Å². The smallest absolute Gasteiger partial charge is 0.221 e. The van der Waals surface area contributed by atoms with Crippen molar-refractivity contribution in [3.05, 3.63) is 29.8 Å². The first kappa shape index (κ1) is 19.9. The molecule has 0 unspecified atom stereocenters. The van der Waals surface area contributed by atoms with E-state index in [0.29, 0.717) is 26.4 Å². The van der Waals surface area contributed by atoms with Crippen LogP contribution in [-0.4, -0.2) is 52.4 Å². The SMILES string of the molecule is CN=C(NCCCOCCOC)NCc1cccc(NC(C)=O)c1. The van der Waals surface area contributed by atoms with E-state index in [-0.39, 0.29) is 5.91 Å². The van der Waals surface area contributed by atoms with Crippen LogP contribution in [0.4, 0.5) is 5.69 Å². The molecule has 7 heteroatoms. The van der Waals surface area contributed by atoms with Crippen LogP contribution in [0.15, 0.2) is 29.3 Å². The fraction of sp³-hybridized carbons (Fsp3) is 0.529. The van der Waals surface area contributed by atoms with E-state index in [0.717, 1.165) is 30.2 Å². The molecular weight excluding hydrogens is 308 g/mol. The summed E-state index contributed by atoms with van der Waals surface area (Å²) in [6.07, 6.45) is 0.891. The summed E-state index contributed by atoms with van der Waals surface area (Å²) in [5.74, 6) is 0.655. The molecule has 3 N–H and O–H groups in total. The molecule has 0 saturated carbocycles. The minimum Gasteiger partial charge on any atom is -0.382 e. The first-order chi connectivity index (χ1) is 11.7. The molecule has 0 aliphatic rings. The molecule has 1 aromatic rings. The predicted octanol–water partition coefficient (Wildman–Crippen LogP) is 1.36. The van der Waals surface area contributed by atoms with Gasteiger partial charge in [0.05, 0.1) is 13.2 Å². The van der Waals surface area contributed by atoms with Crippen molar-refractivity contribution in [2.75, 3.05) is 45.8 Å². The van der Waals surface area contributed by atoms with E-state index < -0.39 is 0 Å². The van der Waals surface area contributed by atoms with Crippen LogP contribution in [0.5, 0.6) is 0 Å². The minimum absolute atomic E-state index is 0.0784. The second-order valence-electron chi connectivity index (χ2n) is 5.19. The molecule has 134 valence electrons. The summed E-state index contributed by atoms with van der Waals surface area (Å²) in [6, 6.07) is 7.71. The quantitative estimate of drug-likeness (QED) is 0.341. The number of nitrogens with one attached hydrogen (secondary N) is 3. The predicted molar refractivity (Wildman–Crippen MR) is 96.3 cm³/mol. The molecule has 0 aliphatic carbocycles. The lowest BCUT2D eigenvalue weighted by Crippen LogP contribution is -2.37. The van der Waals surface area contributed by atoms with Crippen molar-refractivity contribution < 1.29 is 14.3 Å². The van der Waals surface area contributed by atoms with Crippen molar-refractivity contribution in [3.63, 3.8) is 0 Å². The van der Waals surface area contributed by atoms with E-state index in [9.17, 15) is 4.79 Å². The van der Waals surface area contributed by atoms with E-state index in [1.54, 1.807) is 14.2 Å². The van der Waals surface area contributed by atoms with E-state index in [4.69, 9.17) is 9.47 Å². The van der Waals surface area contributed by atoms with Crippen LogP contribution >= 0.6 is 0 Å². The Hall–Kier alpha value is -2.12. The van der Waals surface area contributed by atoms with Crippen LogP contribution in [0, 0.1) is 0 Å². The third kappa shape index (κ3) is 9.12. The van der Waals surface area contributed by atoms with Crippen LogP contribution in [0.2, 0.25) is 0 Å². The summed E-state index contributed by atoms with van der Waals surface area (Å²) < 4.78 is 10.3. The van der Waals surface area contributed by atoms with Crippen LogP contribution in [0.1, 0.15) is 18.9 Å². The molecule has 0 saturated heterocycles. The van der Waals surface area contributed by atoms with Gasteiger partial charge in [0.1, 0.15) is 0 Å². The number of aliphatic imine (C=N–C) groups is 1. The van der Waals surface area contributed by atoms with E-state index >= 15 is 0 Å². The van der Waals surface area contributed by atoms with Crippen LogP contribution in [0.3, 0.4) is 0 Å². The van der Waals surface area contributed by atoms with Crippen molar-refractivity contribution >= 4 is 17.6 Å². The fourth-order valence-corrected chi connectivity index (χ4v) is 1.99. The summed E-state index contributed by atoms with van der Waals surface area (Å²) >= 11 is 0. The number of guanidine groups is 1. The number of amides is 1. The van der Waals surface area contributed by atoms with Gasteiger partial charge in [0.2, 0.25) is 5.91 Å². The van der Waals surface area contributed by atoms with E-state index in [1.807, 2.05) is 24.3 Å². The lowest BCUT2D eigenvalue weighted by atomic mass is 10.2. The molecule has 1 rings (SSSR count). The summed E-state index contributed by atoms with van der Waals surface area (Å²) in [7, 11) is 3.39. The molecule has 1 aromatic carbocycles. The third-order valence-corrected chi connectivity index (χ3v) is 3.12. The zero-order chi connectivity index (χ0) is 17.6. The van der Waals surface area contributed by atoms with Crippen molar-refractivity contribution in [2.24, 2.45) is 4.99 Å². The van der Waals surface area contributed by atoms with Crippen molar-refractivity contribution in [2.45, 2.75) is 19.9 Å². The highest BCUT2D eigenvalue weighted by Gasteiger charge is 2.00. The largest absolute Gasteiger partial charge is 0.382 e. The molecule has 0 atom stereocenters. The van der Waals surface area contributed by atoms with Crippen LogP contribution < -0.4 is 16.0 Å². The maximum absolute atomic E-state index is 11.1. The molecule has 0 spiro atoms. The second kappa shape index (κ2) is 12.3. The topological polar surface area (TPSA) is 84.0 Å². The van der Waals surface area contributed by atoms with Gasteiger partial charge in [-0.3, -0.25) is 9.79 Å². The van der Waals surface area contributed by atoms with Gasteiger partial charge < -0.3 is 25.4 Å².